The number of para-hydroxylation sites is 2. The van der Waals surface area contributed by atoms with E-state index in [-0.39, 0.29) is 12.8 Å². The third-order valence-electron chi connectivity index (χ3n) is 5.43. The summed E-state index contributed by atoms with van der Waals surface area (Å²) in [5, 5.41) is 13.0. The summed E-state index contributed by atoms with van der Waals surface area (Å²) >= 11 is 0. The number of sulfonamides is 1. The van der Waals surface area contributed by atoms with Gasteiger partial charge in [0.25, 0.3) is 0 Å². The van der Waals surface area contributed by atoms with Gasteiger partial charge in [0.05, 0.1) is 23.3 Å². The Morgan fingerprint density at radius 2 is 1.76 bits per heavy atom. The Kier molecular flexibility index (Phi) is 6.87. The molecule has 0 radical (unpaired) electrons. The van der Waals surface area contributed by atoms with Gasteiger partial charge < -0.3 is 21.5 Å². The van der Waals surface area contributed by atoms with E-state index in [1.807, 2.05) is 0 Å². The summed E-state index contributed by atoms with van der Waals surface area (Å²) in [4.78, 5) is 36.4. The van der Waals surface area contributed by atoms with Gasteiger partial charge in [0.1, 0.15) is 11.3 Å². The molecule has 1 saturated heterocycles. The summed E-state index contributed by atoms with van der Waals surface area (Å²) in [5.41, 5.74) is 6.73. The molecular formula is C23H28N4O6S. The molecule has 10 nitrogen and oxygen atoms in total. The molecule has 1 aliphatic heterocycles. The van der Waals surface area contributed by atoms with Gasteiger partial charge in [-0.1, -0.05) is 36.4 Å². The van der Waals surface area contributed by atoms with Gasteiger partial charge in [-0.15, -0.1) is 0 Å². The number of amides is 3. The SMILES string of the molecule is CC(C)(C)N1C(=O)CC(c2ccc(C[C@H](NC(=O)O)C(=O)Nc3ccccc3N)cc2)S1(=O)=O. The third-order valence-corrected chi connectivity index (χ3v) is 7.85. The van der Waals surface area contributed by atoms with Crippen molar-refractivity contribution in [3.05, 3.63) is 59.7 Å². The van der Waals surface area contributed by atoms with Crippen molar-refractivity contribution in [1.82, 2.24) is 9.62 Å². The molecule has 0 saturated carbocycles. The summed E-state index contributed by atoms with van der Waals surface area (Å²) in [6.07, 6.45) is -1.49. The first kappa shape index (κ1) is 25.0. The van der Waals surface area contributed by atoms with Crippen LogP contribution < -0.4 is 16.4 Å². The second-order valence-electron chi connectivity index (χ2n) is 9.09. The van der Waals surface area contributed by atoms with Crippen molar-refractivity contribution in [3.8, 4) is 0 Å². The molecule has 1 fully saturated rings. The lowest BCUT2D eigenvalue weighted by atomic mass is 10.0. The lowest BCUT2D eigenvalue weighted by molar-refractivity contribution is -0.128. The fourth-order valence-corrected chi connectivity index (χ4v) is 6.19. The van der Waals surface area contributed by atoms with Crippen molar-refractivity contribution in [3.63, 3.8) is 0 Å². The van der Waals surface area contributed by atoms with Crippen LogP contribution in [0.25, 0.3) is 0 Å². The van der Waals surface area contributed by atoms with E-state index in [9.17, 15) is 27.9 Å². The van der Waals surface area contributed by atoms with Gasteiger partial charge in [-0.2, -0.15) is 0 Å². The van der Waals surface area contributed by atoms with Gasteiger partial charge in [-0.25, -0.2) is 17.5 Å². The number of hydrogen-bond donors (Lipinski definition) is 4. The van der Waals surface area contributed by atoms with Crippen LogP contribution in [0.3, 0.4) is 0 Å². The minimum Gasteiger partial charge on any atom is -0.465 e. The highest BCUT2D eigenvalue weighted by atomic mass is 32.2. The number of nitrogen functional groups attached to an aromatic ring is 1. The van der Waals surface area contributed by atoms with Gasteiger partial charge in [0.2, 0.25) is 21.8 Å². The molecule has 0 spiro atoms. The smallest absolute Gasteiger partial charge is 0.405 e. The highest BCUT2D eigenvalue weighted by molar-refractivity contribution is 7.90. The number of carboxylic acid groups (broad SMARTS) is 1. The van der Waals surface area contributed by atoms with E-state index in [1.165, 1.54) is 0 Å². The van der Waals surface area contributed by atoms with Crippen molar-refractivity contribution in [2.24, 2.45) is 0 Å². The van der Waals surface area contributed by atoms with Crippen molar-refractivity contribution in [1.29, 1.82) is 0 Å². The zero-order valence-corrected chi connectivity index (χ0v) is 19.9. The van der Waals surface area contributed by atoms with E-state index in [4.69, 9.17) is 5.73 Å². The molecule has 2 atom stereocenters. The molecule has 0 aliphatic carbocycles. The Balaban J connectivity index is 1.78. The van der Waals surface area contributed by atoms with Crippen LogP contribution in [0.5, 0.6) is 0 Å². The average molecular weight is 489 g/mol. The molecule has 2 aromatic carbocycles. The van der Waals surface area contributed by atoms with E-state index in [0.29, 0.717) is 22.5 Å². The molecule has 11 heteroatoms. The number of anilines is 2. The summed E-state index contributed by atoms with van der Waals surface area (Å²) in [6, 6.07) is 11.9. The van der Waals surface area contributed by atoms with Gasteiger partial charge in [-0.3, -0.25) is 9.59 Å². The van der Waals surface area contributed by atoms with Crippen molar-refractivity contribution < 1.29 is 27.9 Å². The molecule has 2 aromatic rings. The number of benzene rings is 2. The van der Waals surface area contributed by atoms with E-state index in [0.717, 1.165) is 4.31 Å². The fraction of sp³-hybridized carbons (Fsp3) is 0.348. The molecule has 34 heavy (non-hydrogen) atoms. The fourth-order valence-electron chi connectivity index (χ4n) is 3.95. The van der Waals surface area contributed by atoms with Crippen LogP contribution in [0, 0.1) is 0 Å². The number of carbonyl (C=O) groups is 3. The lowest BCUT2D eigenvalue weighted by Gasteiger charge is -2.30. The summed E-state index contributed by atoms with van der Waals surface area (Å²) in [5.74, 6) is -1.04. The Morgan fingerprint density at radius 3 is 2.29 bits per heavy atom. The standard InChI is InChI=1S/C23H28N4O6S/c1-23(2,3)27-20(28)13-19(34(27,32)33)15-10-8-14(9-11-15)12-18(26-22(30)31)21(29)25-17-7-5-4-6-16(17)24/h4-11,18-19,26H,12-13,24H2,1-3H3,(H,25,29)(H,30,31)/t18-,19?/m0/s1. The summed E-state index contributed by atoms with van der Waals surface area (Å²) in [7, 11) is -3.87. The van der Waals surface area contributed by atoms with Crippen LogP contribution in [0.4, 0.5) is 16.2 Å². The van der Waals surface area contributed by atoms with Gasteiger partial charge in [0.15, 0.2) is 0 Å². The maximum absolute atomic E-state index is 13.0. The zero-order valence-electron chi connectivity index (χ0n) is 19.1. The first-order chi connectivity index (χ1) is 15.8. The van der Waals surface area contributed by atoms with E-state index in [2.05, 4.69) is 10.6 Å². The Hall–Kier alpha value is -3.60. The summed E-state index contributed by atoms with van der Waals surface area (Å²) < 4.78 is 26.9. The average Bonchev–Trinajstić information content (AvgIpc) is 2.97. The normalized spacial score (nSPS) is 18.4. The minimum absolute atomic E-state index is 0.0234. The monoisotopic (exact) mass is 488 g/mol. The molecule has 3 rings (SSSR count). The Labute approximate surface area is 198 Å². The van der Waals surface area contributed by atoms with E-state index < -0.39 is 44.8 Å². The minimum atomic E-state index is -3.87. The number of nitrogens with one attached hydrogen (secondary N) is 2. The van der Waals surface area contributed by atoms with E-state index in [1.54, 1.807) is 69.3 Å². The van der Waals surface area contributed by atoms with Crippen LogP contribution in [-0.4, -0.2) is 47.3 Å². The molecule has 0 bridgehead atoms. The number of hydrogen-bond acceptors (Lipinski definition) is 6. The maximum atomic E-state index is 13.0. The van der Waals surface area contributed by atoms with Crippen molar-refractivity contribution >= 4 is 39.3 Å². The molecule has 1 heterocycles. The third kappa shape index (κ3) is 5.30. The number of carbonyl (C=O) groups excluding carboxylic acids is 2. The number of nitrogens with two attached hydrogens (primary N) is 1. The predicted molar refractivity (Wildman–Crippen MR) is 127 cm³/mol. The maximum Gasteiger partial charge on any atom is 0.405 e. The molecule has 0 aromatic heterocycles. The second kappa shape index (κ2) is 9.34. The van der Waals surface area contributed by atoms with Crippen LogP contribution in [0.1, 0.15) is 43.6 Å². The van der Waals surface area contributed by atoms with Crippen molar-refractivity contribution in [2.75, 3.05) is 11.1 Å². The molecule has 5 N–H and O–H groups in total. The molecule has 1 unspecified atom stereocenters. The number of rotatable bonds is 6. The molecular weight excluding hydrogens is 460 g/mol. The van der Waals surface area contributed by atoms with Crippen LogP contribution >= 0.6 is 0 Å². The quantitative estimate of drug-likeness (QED) is 0.455. The van der Waals surface area contributed by atoms with Crippen LogP contribution in [0.15, 0.2) is 48.5 Å². The second-order valence-corrected chi connectivity index (χ2v) is 11.1. The molecule has 182 valence electrons. The Morgan fingerprint density at radius 1 is 1.15 bits per heavy atom. The first-order valence-corrected chi connectivity index (χ1v) is 12.1. The molecule has 1 aliphatic rings. The zero-order chi connectivity index (χ0) is 25.3. The van der Waals surface area contributed by atoms with Crippen LogP contribution in [0.2, 0.25) is 0 Å². The predicted octanol–water partition coefficient (Wildman–Crippen LogP) is 2.49. The van der Waals surface area contributed by atoms with Gasteiger partial charge in [0, 0.05) is 6.42 Å². The highest BCUT2D eigenvalue weighted by Crippen LogP contribution is 2.40. The number of nitrogens with zero attached hydrogens (tertiary/aromatic N) is 1. The topological polar surface area (TPSA) is 159 Å². The van der Waals surface area contributed by atoms with Gasteiger partial charge in [-0.05, 0) is 44.0 Å². The summed E-state index contributed by atoms with van der Waals surface area (Å²) in [6.45, 7) is 4.99. The van der Waals surface area contributed by atoms with Crippen LogP contribution in [-0.2, 0) is 26.0 Å². The van der Waals surface area contributed by atoms with E-state index >= 15 is 0 Å². The Bertz CT molecular complexity index is 1200. The molecule has 3 amide bonds. The lowest BCUT2D eigenvalue weighted by Crippen LogP contribution is -2.45. The van der Waals surface area contributed by atoms with Crippen molar-refractivity contribution in [2.45, 2.75) is 50.4 Å². The first-order valence-electron chi connectivity index (χ1n) is 10.6. The largest absolute Gasteiger partial charge is 0.465 e. The van der Waals surface area contributed by atoms with Gasteiger partial charge >= 0.3 is 6.09 Å². The highest BCUT2D eigenvalue weighted by Gasteiger charge is 2.49.